The van der Waals surface area contributed by atoms with Gasteiger partial charge >= 0.3 is 26.2 Å². The number of fused-ring (bicyclic) bond motifs is 2. The van der Waals surface area contributed by atoms with Crippen molar-refractivity contribution >= 4 is 40.7 Å². The molecule has 0 nitrogen and oxygen atoms in total. The van der Waals surface area contributed by atoms with Crippen molar-refractivity contribution in [3.63, 3.8) is 0 Å². The van der Waals surface area contributed by atoms with Crippen LogP contribution in [-0.4, -0.2) is 0 Å². The largest absolute Gasteiger partial charge is 4.00 e. The topological polar surface area (TPSA) is 0 Å². The summed E-state index contributed by atoms with van der Waals surface area (Å²) in [5.74, 6) is 0. The van der Waals surface area contributed by atoms with Gasteiger partial charge in [0, 0.05) is 0 Å². The minimum Gasteiger partial charge on any atom is -1.00 e. The van der Waals surface area contributed by atoms with Gasteiger partial charge in [-0.15, -0.1) is 95.1 Å². The zero-order valence-corrected chi connectivity index (χ0v) is 20.5. The summed E-state index contributed by atoms with van der Waals surface area (Å²) in [6, 6.07) is 34.5. The molecule has 0 bridgehead atoms. The first-order valence-electron chi connectivity index (χ1n) is 9.30. The third-order valence-electron chi connectivity index (χ3n) is 4.80. The van der Waals surface area contributed by atoms with E-state index in [9.17, 15) is 0 Å². The van der Waals surface area contributed by atoms with Crippen LogP contribution >= 0.6 is 8.58 Å². The van der Waals surface area contributed by atoms with Crippen molar-refractivity contribution in [1.29, 1.82) is 0 Å². The van der Waals surface area contributed by atoms with E-state index >= 15 is 0 Å². The molecule has 0 saturated carbocycles. The SMILES string of the molecule is Cc1[cH-]c2ccccc2c1Pc1ccccc1.Cc1cc2ccccc2[cH-]1.[F-].[F-].[Zr+4]. The van der Waals surface area contributed by atoms with Gasteiger partial charge < -0.3 is 9.41 Å². The van der Waals surface area contributed by atoms with Crippen LogP contribution in [0.25, 0.3) is 21.5 Å². The van der Waals surface area contributed by atoms with E-state index in [1.165, 1.54) is 43.3 Å². The van der Waals surface area contributed by atoms with Crippen LogP contribution in [0.5, 0.6) is 0 Å². The predicted octanol–water partition coefficient (Wildman–Crippen LogP) is 0.369. The van der Waals surface area contributed by atoms with Gasteiger partial charge in [0.05, 0.1) is 0 Å². The Kier molecular flexibility index (Phi) is 10.5. The molecule has 0 fully saturated rings. The Bertz CT molecular complexity index is 1140. The molecular formula is C26H23F2PZr. The Morgan fingerprint density at radius 2 is 1.27 bits per heavy atom. The number of aryl methyl sites for hydroxylation is 2. The maximum atomic E-state index is 2.29. The third-order valence-corrected chi connectivity index (χ3v) is 6.34. The standard InChI is InChI=1S/C16H14P.C10H9.2FH.Zr/c1-12-11-13-7-5-6-10-15(13)16(12)17-14-8-3-2-4-9-14;1-8-6-9-4-2-3-5-10(9)7-8;;;/h2-11,17H,1H3;2-7H,1H3;2*1H;/q2*-1;;;+4/p-2. The fraction of sp³-hybridized carbons (Fsp3) is 0.0769. The monoisotopic (exact) mass is 494 g/mol. The van der Waals surface area contributed by atoms with Crippen LogP contribution in [0.1, 0.15) is 11.1 Å². The van der Waals surface area contributed by atoms with E-state index in [1.54, 1.807) is 0 Å². The van der Waals surface area contributed by atoms with Crippen LogP contribution < -0.4 is 20.0 Å². The van der Waals surface area contributed by atoms with E-state index in [2.05, 4.69) is 111 Å². The summed E-state index contributed by atoms with van der Waals surface area (Å²) < 4.78 is 0. The van der Waals surface area contributed by atoms with Crippen molar-refractivity contribution in [2.45, 2.75) is 13.8 Å². The Hall–Kier alpha value is -1.95. The number of hydrogen-bond acceptors (Lipinski definition) is 0. The molecule has 0 amide bonds. The third kappa shape index (κ3) is 6.04. The van der Waals surface area contributed by atoms with Crippen molar-refractivity contribution in [2.24, 2.45) is 0 Å². The molecule has 0 aromatic heterocycles. The fourth-order valence-electron chi connectivity index (χ4n) is 3.51. The van der Waals surface area contributed by atoms with Crippen molar-refractivity contribution in [3.8, 4) is 0 Å². The Balaban J connectivity index is 0.000000302. The number of benzene rings is 3. The van der Waals surface area contributed by atoms with Gasteiger partial charge in [0.1, 0.15) is 0 Å². The summed E-state index contributed by atoms with van der Waals surface area (Å²) in [6.07, 6.45) is 0. The van der Waals surface area contributed by atoms with E-state index < -0.39 is 0 Å². The average Bonchev–Trinajstić information content (AvgIpc) is 3.22. The van der Waals surface area contributed by atoms with E-state index in [4.69, 9.17) is 0 Å². The Morgan fingerprint density at radius 1 is 0.667 bits per heavy atom. The van der Waals surface area contributed by atoms with Crippen LogP contribution in [0, 0.1) is 13.8 Å². The molecule has 0 saturated heterocycles. The molecule has 5 aromatic rings. The Labute approximate surface area is 197 Å². The van der Waals surface area contributed by atoms with Crippen LogP contribution in [-0.2, 0) is 26.2 Å². The molecule has 1 unspecified atom stereocenters. The maximum absolute atomic E-state index is 2.29. The summed E-state index contributed by atoms with van der Waals surface area (Å²) in [4.78, 5) is 0. The van der Waals surface area contributed by atoms with E-state index in [1.807, 2.05) is 0 Å². The molecule has 1 atom stereocenters. The molecule has 0 aliphatic heterocycles. The first-order chi connectivity index (χ1) is 13.2. The van der Waals surface area contributed by atoms with Crippen molar-refractivity contribution < 1.29 is 35.6 Å². The molecule has 0 heterocycles. The summed E-state index contributed by atoms with van der Waals surface area (Å²) in [7, 11) is 0.754. The minimum atomic E-state index is 0. The van der Waals surface area contributed by atoms with Crippen molar-refractivity contribution in [2.75, 3.05) is 0 Å². The fourth-order valence-corrected chi connectivity index (χ4v) is 4.79. The van der Waals surface area contributed by atoms with Crippen molar-refractivity contribution in [3.05, 3.63) is 108 Å². The van der Waals surface area contributed by atoms with Crippen LogP contribution in [0.3, 0.4) is 0 Å². The van der Waals surface area contributed by atoms with Crippen molar-refractivity contribution in [1.82, 2.24) is 0 Å². The number of rotatable bonds is 2. The van der Waals surface area contributed by atoms with Gasteiger partial charge in [-0.25, -0.2) is 0 Å². The molecular weight excluding hydrogens is 472 g/mol. The van der Waals surface area contributed by atoms with Crippen LogP contribution in [0.15, 0.2) is 97.1 Å². The second-order valence-electron chi connectivity index (χ2n) is 6.94. The summed E-state index contributed by atoms with van der Waals surface area (Å²) >= 11 is 0. The molecule has 0 N–H and O–H groups in total. The summed E-state index contributed by atoms with van der Waals surface area (Å²) in [5.41, 5.74) is 2.76. The molecule has 0 radical (unpaired) electrons. The van der Waals surface area contributed by atoms with Gasteiger partial charge in [0.25, 0.3) is 0 Å². The van der Waals surface area contributed by atoms with Crippen LogP contribution in [0.2, 0.25) is 0 Å². The molecule has 30 heavy (non-hydrogen) atoms. The van der Waals surface area contributed by atoms with E-state index in [-0.39, 0.29) is 35.6 Å². The first kappa shape index (κ1) is 26.1. The summed E-state index contributed by atoms with van der Waals surface area (Å²) in [6.45, 7) is 4.34. The van der Waals surface area contributed by atoms with Gasteiger partial charge in [-0.3, -0.25) is 0 Å². The minimum absolute atomic E-state index is 0. The Morgan fingerprint density at radius 3 is 1.97 bits per heavy atom. The molecule has 0 spiro atoms. The first-order valence-corrected chi connectivity index (χ1v) is 10.3. The number of halogens is 2. The predicted molar refractivity (Wildman–Crippen MR) is 123 cm³/mol. The normalized spacial score (nSPS) is 10.1. The molecule has 150 valence electrons. The molecule has 5 rings (SSSR count). The quantitative estimate of drug-likeness (QED) is 0.245. The average molecular weight is 496 g/mol. The molecule has 4 heteroatoms. The second kappa shape index (κ2) is 12.0. The molecule has 5 aromatic carbocycles. The molecule has 0 aliphatic carbocycles. The van der Waals surface area contributed by atoms with Gasteiger partial charge in [-0.2, -0.15) is 6.07 Å². The van der Waals surface area contributed by atoms with Crippen LogP contribution in [0.4, 0.5) is 0 Å². The van der Waals surface area contributed by atoms with Gasteiger partial charge in [-0.1, -0.05) is 56.3 Å². The van der Waals surface area contributed by atoms with E-state index in [0.29, 0.717) is 0 Å². The van der Waals surface area contributed by atoms with Gasteiger partial charge in [0.15, 0.2) is 0 Å². The smallest absolute Gasteiger partial charge is 1.00 e. The van der Waals surface area contributed by atoms with E-state index in [0.717, 1.165) is 8.58 Å². The summed E-state index contributed by atoms with van der Waals surface area (Å²) in [5, 5.41) is 8.37. The second-order valence-corrected chi connectivity index (χ2v) is 8.27. The van der Waals surface area contributed by atoms with Gasteiger partial charge in [0.2, 0.25) is 0 Å². The zero-order chi connectivity index (χ0) is 18.6. The van der Waals surface area contributed by atoms with Gasteiger partial charge in [-0.05, 0) is 5.30 Å². The number of hydrogen-bond donors (Lipinski definition) is 0. The maximum Gasteiger partial charge on any atom is 4.00 e. The molecule has 0 aliphatic rings. The zero-order valence-electron chi connectivity index (χ0n) is 17.0.